The van der Waals surface area contributed by atoms with Crippen LogP contribution in [0.4, 0.5) is 0 Å². The monoisotopic (exact) mass is 567 g/mol. The van der Waals surface area contributed by atoms with E-state index in [4.69, 9.17) is 29.2 Å². The van der Waals surface area contributed by atoms with Gasteiger partial charge in [-0.3, -0.25) is 0 Å². The zero-order valence-electron chi connectivity index (χ0n) is 23.9. The van der Waals surface area contributed by atoms with Gasteiger partial charge in [-0.05, 0) is 93.3 Å². The first-order valence-corrected chi connectivity index (χ1v) is 14.3. The van der Waals surface area contributed by atoms with Gasteiger partial charge in [0.05, 0.1) is 12.7 Å². The third-order valence-corrected chi connectivity index (χ3v) is 8.46. The molecular formula is C32H41NO8. The molecule has 5 rings (SSSR count). The molecule has 1 aliphatic carbocycles. The number of ether oxygens (including phenoxy) is 4. The van der Waals surface area contributed by atoms with E-state index in [1.165, 1.54) is 49.9 Å². The first-order chi connectivity index (χ1) is 19.8. The van der Waals surface area contributed by atoms with Crippen LogP contribution in [0.1, 0.15) is 49.7 Å². The number of carbonyl (C=O) groups is 2. The lowest BCUT2D eigenvalue weighted by Gasteiger charge is -2.45. The number of carboxylic acids is 2. The van der Waals surface area contributed by atoms with E-state index in [0.717, 1.165) is 42.4 Å². The first-order valence-electron chi connectivity index (χ1n) is 14.3. The Labute approximate surface area is 241 Å². The summed E-state index contributed by atoms with van der Waals surface area (Å²) >= 11 is 0. The normalized spacial score (nSPS) is 22.9. The fourth-order valence-corrected chi connectivity index (χ4v) is 6.22. The van der Waals surface area contributed by atoms with Crippen LogP contribution in [0, 0.1) is 5.92 Å². The summed E-state index contributed by atoms with van der Waals surface area (Å²) in [5, 5.41) is 15.6. The van der Waals surface area contributed by atoms with Crippen molar-refractivity contribution in [3.8, 4) is 17.2 Å². The molecule has 2 heterocycles. The number of rotatable bonds is 8. The number of piperidine rings is 1. The van der Waals surface area contributed by atoms with E-state index in [1.54, 1.807) is 7.11 Å². The van der Waals surface area contributed by atoms with Gasteiger partial charge in [-0.1, -0.05) is 24.3 Å². The molecular weight excluding hydrogens is 526 g/mol. The minimum atomic E-state index is -1.26. The summed E-state index contributed by atoms with van der Waals surface area (Å²) < 4.78 is 23.3. The SMILES string of the molecule is COc1ccccc1CC1CCN(C2CCC(OC)(c3ccc4c(c3)OCCO4)CC2)CC1.O=C(O)C=CC(=O)O. The lowest BCUT2D eigenvalue weighted by molar-refractivity contribution is -0.134. The number of carboxylic acid groups (broad SMARTS) is 2. The Balaban J connectivity index is 0.000000426. The van der Waals surface area contributed by atoms with E-state index in [9.17, 15) is 9.59 Å². The van der Waals surface area contributed by atoms with Crippen LogP contribution >= 0.6 is 0 Å². The Morgan fingerprint density at radius 2 is 1.56 bits per heavy atom. The molecule has 0 bridgehead atoms. The molecule has 2 aromatic carbocycles. The number of fused-ring (bicyclic) bond motifs is 1. The fourth-order valence-electron chi connectivity index (χ4n) is 6.22. The quantitative estimate of drug-likeness (QED) is 0.429. The summed E-state index contributed by atoms with van der Waals surface area (Å²) in [6.07, 6.45) is 9.24. The van der Waals surface area contributed by atoms with Crippen LogP contribution in [0.25, 0.3) is 0 Å². The third-order valence-electron chi connectivity index (χ3n) is 8.46. The highest BCUT2D eigenvalue weighted by Gasteiger charge is 2.40. The van der Waals surface area contributed by atoms with Gasteiger partial charge in [-0.2, -0.15) is 0 Å². The highest BCUT2D eigenvalue weighted by atomic mass is 16.6. The van der Waals surface area contributed by atoms with Crippen LogP contribution < -0.4 is 14.2 Å². The third kappa shape index (κ3) is 8.01. The van der Waals surface area contributed by atoms with Crippen LogP contribution in [0.3, 0.4) is 0 Å². The summed E-state index contributed by atoms with van der Waals surface area (Å²) in [5.74, 6) is 0.967. The van der Waals surface area contributed by atoms with Crippen LogP contribution in [-0.2, 0) is 26.3 Å². The molecule has 0 radical (unpaired) electrons. The Morgan fingerprint density at radius 1 is 0.927 bits per heavy atom. The maximum absolute atomic E-state index is 9.55. The summed E-state index contributed by atoms with van der Waals surface area (Å²) in [4.78, 5) is 21.8. The fraction of sp³-hybridized carbons (Fsp3) is 0.500. The molecule has 222 valence electrons. The molecule has 41 heavy (non-hydrogen) atoms. The van der Waals surface area contributed by atoms with E-state index in [-0.39, 0.29) is 5.60 Å². The number of hydrogen-bond acceptors (Lipinski definition) is 7. The van der Waals surface area contributed by atoms with Gasteiger partial charge in [-0.15, -0.1) is 0 Å². The number of aliphatic carboxylic acids is 2. The van der Waals surface area contributed by atoms with Crippen molar-refractivity contribution in [2.75, 3.05) is 40.5 Å². The Kier molecular flexibility index (Phi) is 10.7. The minimum Gasteiger partial charge on any atom is -0.496 e. The van der Waals surface area contributed by atoms with Crippen molar-refractivity contribution in [3.63, 3.8) is 0 Å². The molecule has 3 aliphatic rings. The van der Waals surface area contributed by atoms with E-state index in [2.05, 4.69) is 41.3 Å². The second-order valence-corrected chi connectivity index (χ2v) is 10.8. The molecule has 9 nitrogen and oxygen atoms in total. The van der Waals surface area contributed by atoms with Crippen molar-refractivity contribution >= 4 is 11.9 Å². The number of nitrogens with zero attached hydrogens (tertiary/aromatic N) is 1. The van der Waals surface area contributed by atoms with Crippen molar-refractivity contribution in [2.24, 2.45) is 5.92 Å². The Bertz CT molecular complexity index is 1180. The van der Waals surface area contributed by atoms with Crippen molar-refractivity contribution in [2.45, 2.75) is 56.6 Å². The van der Waals surface area contributed by atoms with Gasteiger partial charge in [0.1, 0.15) is 19.0 Å². The molecule has 0 amide bonds. The van der Waals surface area contributed by atoms with E-state index in [1.807, 2.05) is 13.2 Å². The molecule has 0 atom stereocenters. The summed E-state index contributed by atoms with van der Waals surface area (Å²) in [5.41, 5.74) is 2.36. The average molecular weight is 568 g/mol. The Hall–Kier alpha value is -3.56. The molecule has 1 saturated heterocycles. The molecule has 2 fully saturated rings. The molecule has 2 N–H and O–H groups in total. The number of likely N-dealkylation sites (tertiary alicyclic amines) is 1. The van der Waals surface area contributed by atoms with Crippen molar-refractivity contribution < 1.29 is 38.7 Å². The largest absolute Gasteiger partial charge is 0.496 e. The second kappa shape index (κ2) is 14.4. The van der Waals surface area contributed by atoms with Gasteiger partial charge in [0.15, 0.2) is 11.5 Å². The van der Waals surface area contributed by atoms with Crippen molar-refractivity contribution in [3.05, 3.63) is 65.7 Å². The standard InChI is InChI=1S/C28H37NO4.C4H4O4/c1-30-25-6-4-3-5-22(25)19-21-11-15-29(16-12-21)24-9-13-28(31-2,14-10-24)23-7-8-26-27(20-23)33-18-17-32-26;5-3(6)1-2-4(7)8/h3-8,20-21,24H,9-19H2,1-2H3;1-2H,(H,5,6)(H,7,8). The van der Waals surface area contributed by atoms with Crippen molar-refractivity contribution in [1.82, 2.24) is 4.90 Å². The van der Waals surface area contributed by atoms with Crippen LogP contribution in [0.15, 0.2) is 54.6 Å². The maximum Gasteiger partial charge on any atom is 0.328 e. The summed E-state index contributed by atoms with van der Waals surface area (Å²) in [6.45, 7) is 3.65. The Morgan fingerprint density at radius 3 is 2.17 bits per heavy atom. The molecule has 2 aromatic rings. The van der Waals surface area contributed by atoms with Crippen LogP contribution in [0.2, 0.25) is 0 Å². The molecule has 0 aromatic heterocycles. The van der Waals surface area contributed by atoms with Gasteiger partial charge < -0.3 is 34.1 Å². The lowest BCUT2D eigenvalue weighted by atomic mass is 9.76. The van der Waals surface area contributed by atoms with Gasteiger partial charge in [0.25, 0.3) is 0 Å². The highest BCUT2D eigenvalue weighted by Crippen LogP contribution is 2.44. The topological polar surface area (TPSA) is 115 Å². The smallest absolute Gasteiger partial charge is 0.328 e. The molecule has 2 aliphatic heterocycles. The second-order valence-electron chi connectivity index (χ2n) is 10.8. The zero-order valence-corrected chi connectivity index (χ0v) is 23.9. The summed E-state index contributed by atoms with van der Waals surface area (Å²) in [7, 11) is 3.63. The van der Waals surface area contributed by atoms with Gasteiger partial charge in [0, 0.05) is 25.3 Å². The molecule has 0 unspecified atom stereocenters. The molecule has 0 spiro atoms. The zero-order chi connectivity index (χ0) is 29.2. The number of methoxy groups -OCH3 is 2. The van der Waals surface area contributed by atoms with E-state index < -0.39 is 11.9 Å². The lowest BCUT2D eigenvalue weighted by Crippen LogP contribution is -2.46. The number of para-hydroxylation sites is 1. The van der Waals surface area contributed by atoms with Crippen LogP contribution in [0.5, 0.6) is 17.2 Å². The van der Waals surface area contributed by atoms with E-state index >= 15 is 0 Å². The first kappa shape index (κ1) is 30.4. The predicted molar refractivity (Wildman–Crippen MR) is 154 cm³/mol. The predicted octanol–water partition coefficient (Wildman–Crippen LogP) is 4.92. The van der Waals surface area contributed by atoms with Crippen LogP contribution in [-0.4, -0.2) is 73.6 Å². The summed E-state index contributed by atoms with van der Waals surface area (Å²) in [6, 6.07) is 15.5. The van der Waals surface area contributed by atoms with Gasteiger partial charge in [-0.25, -0.2) is 9.59 Å². The number of hydrogen-bond donors (Lipinski definition) is 2. The maximum atomic E-state index is 9.55. The highest BCUT2D eigenvalue weighted by molar-refractivity contribution is 5.89. The van der Waals surface area contributed by atoms with E-state index in [0.29, 0.717) is 31.4 Å². The number of benzene rings is 2. The molecule has 1 saturated carbocycles. The van der Waals surface area contributed by atoms with Gasteiger partial charge >= 0.3 is 11.9 Å². The van der Waals surface area contributed by atoms with Crippen molar-refractivity contribution in [1.29, 1.82) is 0 Å². The average Bonchev–Trinajstić information content (AvgIpc) is 3.01. The molecule has 9 heteroatoms. The minimum absolute atomic E-state index is 0.214. The van der Waals surface area contributed by atoms with Gasteiger partial charge in [0.2, 0.25) is 0 Å².